The number of nitrogens with zero attached hydrogens (tertiary/aromatic N) is 3. The number of aromatic nitrogens is 1. The monoisotopic (exact) mass is 672 g/mol. The summed E-state index contributed by atoms with van der Waals surface area (Å²) in [6, 6.07) is 1.97. The lowest BCUT2D eigenvalue weighted by Gasteiger charge is -2.41. The van der Waals surface area contributed by atoms with Crippen molar-refractivity contribution in [2.45, 2.75) is 96.4 Å². The average molecular weight is 673 g/mol. The lowest BCUT2D eigenvalue weighted by atomic mass is 9.85. The molecule has 2 aromatic rings. The minimum atomic E-state index is -1.19. The molecule has 4 heterocycles. The molecule has 5 rings (SSSR count). The first kappa shape index (κ1) is 34.8. The molecule has 3 atom stereocenters. The molecular weight excluding hydrogens is 630 g/mol. The minimum absolute atomic E-state index is 0.0156. The summed E-state index contributed by atoms with van der Waals surface area (Å²) in [4.78, 5) is 62.0. The van der Waals surface area contributed by atoms with Gasteiger partial charge in [0, 0.05) is 37.0 Å². The molecule has 2 bridgehead atoms. The maximum absolute atomic E-state index is 14.3. The van der Waals surface area contributed by atoms with Crippen LogP contribution in [0.15, 0.2) is 34.3 Å². The third-order valence-corrected chi connectivity index (χ3v) is 9.28. The lowest BCUT2D eigenvalue weighted by Crippen LogP contribution is -2.52. The van der Waals surface area contributed by atoms with E-state index < -0.39 is 58.0 Å². The third-order valence-electron chi connectivity index (χ3n) is 9.28. The van der Waals surface area contributed by atoms with Gasteiger partial charge in [-0.05, 0) is 38.2 Å². The fourth-order valence-corrected chi connectivity index (χ4v) is 6.48. The second-order valence-electron chi connectivity index (χ2n) is 13.1. The predicted octanol–water partition coefficient (Wildman–Crippen LogP) is 5.48. The molecule has 1 N–H and O–H groups in total. The van der Waals surface area contributed by atoms with Gasteiger partial charge in [-0.3, -0.25) is 14.4 Å². The van der Waals surface area contributed by atoms with Gasteiger partial charge < -0.3 is 33.8 Å². The first-order chi connectivity index (χ1) is 22.9. The largest absolute Gasteiger partial charge is 0.514 e. The smallest absolute Gasteiger partial charge is 0.482 e. The van der Waals surface area contributed by atoms with Crippen molar-refractivity contribution >= 4 is 23.9 Å². The van der Waals surface area contributed by atoms with Gasteiger partial charge in [-0.2, -0.15) is 0 Å². The van der Waals surface area contributed by atoms with Gasteiger partial charge in [0.2, 0.25) is 17.1 Å². The van der Waals surface area contributed by atoms with Crippen molar-refractivity contribution in [1.29, 1.82) is 0 Å². The predicted molar refractivity (Wildman–Crippen MR) is 170 cm³/mol. The van der Waals surface area contributed by atoms with Crippen molar-refractivity contribution in [2.24, 2.45) is 11.1 Å². The molecule has 0 radical (unpaired) electrons. The maximum Gasteiger partial charge on any atom is 0.514 e. The number of pyridine rings is 1. The Bertz CT molecular complexity index is 1640. The van der Waals surface area contributed by atoms with Crippen LogP contribution in [0.2, 0.25) is 0 Å². The quantitative estimate of drug-likeness (QED) is 0.245. The highest BCUT2D eigenvalue weighted by Crippen LogP contribution is 2.46. The molecule has 2 amide bonds. The molecule has 0 unspecified atom stereocenters. The Kier molecular flexibility index (Phi) is 10.7. The van der Waals surface area contributed by atoms with Crippen LogP contribution >= 0.6 is 0 Å². The van der Waals surface area contributed by atoms with E-state index in [4.69, 9.17) is 19.0 Å². The number of carbonyl (C=O) groups is 3. The number of fused-ring (bicyclic) bond motifs is 5. The summed E-state index contributed by atoms with van der Waals surface area (Å²) in [5.41, 5.74) is -2.74. The van der Waals surface area contributed by atoms with Gasteiger partial charge in [0.1, 0.15) is 17.2 Å². The van der Waals surface area contributed by atoms with E-state index in [1.165, 1.54) is 23.9 Å². The van der Waals surface area contributed by atoms with Gasteiger partial charge >= 0.3 is 6.16 Å². The van der Waals surface area contributed by atoms with Gasteiger partial charge in [-0.25, -0.2) is 13.6 Å². The first-order valence-electron chi connectivity index (χ1n) is 16.4. The van der Waals surface area contributed by atoms with E-state index in [0.717, 1.165) is 31.7 Å². The molecule has 0 saturated carbocycles. The molecule has 3 aliphatic heterocycles. The number of benzene rings is 1. The topological polar surface area (TPSA) is 138 Å². The molecule has 1 spiro atoms. The Hall–Kier alpha value is -4.49. The molecule has 1 aromatic heterocycles. The molecule has 0 aliphatic carbocycles. The van der Waals surface area contributed by atoms with E-state index in [2.05, 4.69) is 24.3 Å². The summed E-state index contributed by atoms with van der Waals surface area (Å²) in [6.07, 6.45) is 5.88. The number of rotatable bonds is 11. The molecule has 1 fully saturated rings. The van der Waals surface area contributed by atoms with Crippen LogP contribution in [0.3, 0.4) is 0 Å². The van der Waals surface area contributed by atoms with E-state index in [1.807, 2.05) is 6.92 Å². The van der Waals surface area contributed by atoms with Gasteiger partial charge in [0.15, 0.2) is 11.3 Å². The normalized spacial score (nSPS) is 21.4. The van der Waals surface area contributed by atoms with E-state index in [0.29, 0.717) is 37.1 Å². The summed E-state index contributed by atoms with van der Waals surface area (Å²) in [5, 5.41) is 6.58. The second-order valence-corrected chi connectivity index (χ2v) is 13.1. The Morgan fingerprint density at radius 2 is 1.94 bits per heavy atom. The zero-order valence-corrected chi connectivity index (χ0v) is 27.7. The molecule has 260 valence electrons. The van der Waals surface area contributed by atoms with Crippen LogP contribution in [0, 0.1) is 17.6 Å². The summed E-state index contributed by atoms with van der Waals surface area (Å²) in [6.45, 7) is 6.03. The van der Waals surface area contributed by atoms with Crippen LogP contribution in [-0.4, -0.2) is 65.2 Å². The number of carbonyl (C=O) groups excluding carboxylic acids is 3. The molecule has 48 heavy (non-hydrogen) atoms. The highest BCUT2D eigenvalue weighted by molar-refractivity contribution is 6.00. The summed E-state index contributed by atoms with van der Waals surface area (Å²) in [7, 11) is 1.47. The van der Waals surface area contributed by atoms with Crippen LogP contribution in [0.4, 0.5) is 13.6 Å². The fourth-order valence-electron chi connectivity index (χ4n) is 6.48. The van der Waals surface area contributed by atoms with Crippen LogP contribution in [0.25, 0.3) is 0 Å². The molecule has 3 aliphatic rings. The summed E-state index contributed by atoms with van der Waals surface area (Å²) < 4.78 is 45.3. The van der Waals surface area contributed by atoms with Crippen molar-refractivity contribution in [1.82, 2.24) is 14.8 Å². The molecule has 1 saturated heterocycles. The van der Waals surface area contributed by atoms with Crippen LogP contribution in [0.5, 0.6) is 5.75 Å². The number of oxime groups is 1. The zero-order valence-electron chi connectivity index (χ0n) is 27.7. The Labute approximate surface area is 277 Å². The van der Waals surface area contributed by atoms with Gasteiger partial charge in [0.05, 0.1) is 26.2 Å². The van der Waals surface area contributed by atoms with Crippen LogP contribution in [0.1, 0.15) is 105 Å². The molecular formula is C34H42F2N4O8. The number of unbranched alkanes of at least 4 members (excludes halogenated alkanes) is 3. The molecule has 12 nitrogen and oxygen atoms in total. The molecule has 14 heteroatoms. The number of nitrogens with one attached hydrogen (secondary N) is 1. The Balaban J connectivity index is 1.47. The van der Waals surface area contributed by atoms with Crippen molar-refractivity contribution in [3.05, 3.63) is 63.1 Å². The third kappa shape index (κ3) is 7.31. The Morgan fingerprint density at radius 3 is 2.65 bits per heavy atom. The number of methoxy groups -OCH3 is 1. The van der Waals surface area contributed by atoms with Crippen molar-refractivity contribution in [3.63, 3.8) is 0 Å². The van der Waals surface area contributed by atoms with Gasteiger partial charge in [0.25, 0.3) is 11.8 Å². The number of hydrogen-bond acceptors (Lipinski definition) is 9. The summed E-state index contributed by atoms with van der Waals surface area (Å²) in [5.74, 6) is -2.85. The number of hydrogen-bond donors (Lipinski definition) is 1. The highest BCUT2D eigenvalue weighted by atomic mass is 19.1. The SMILES string of the molecule is COC1=NO[C@@]2(CC[C@H](C)N3C[C@H]2n2cc(C(=O)NCc4ccc(F)cc4F)c(=O)c(OC(=O)OCCCCCCC(C)C)c2C3=O)C1. The first-order valence-corrected chi connectivity index (χ1v) is 16.4. The maximum atomic E-state index is 14.3. The number of ether oxygens (including phenoxy) is 3. The van der Waals surface area contributed by atoms with Crippen molar-refractivity contribution < 1.29 is 42.2 Å². The number of amides is 2. The lowest BCUT2D eigenvalue weighted by molar-refractivity contribution is -0.0655. The Morgan fingerprint density at radius 1 is 1.17 bits per heavy atom. The fraction of sp³-hybridized carbons (Fsp3) is 0.559. The average Bonchev–Trinajstić information content (AvgIpc) is 3.43. The van der Waals surface area contributed by atoms with Crippen LogP contribution in [-0.2, 0) is 20.9 Å². The molecule has 1 aromatic carbocycles. The van der Waals surface area contributed by atoms with Gasteiger partial charge in [-0.15, -0.1) is 0 Å². The minimum Gasteiger partial charge on any atom is -0.482 e. The second kappa shape index (κ2) is 14.7. The van der Waals surface area contributed by atoms with E-state index in [-0.39, 0.29) is 43.4 Å². The zero-order chi connectivity index (χ0) is 34.6. The highest BCUT2D eigenvalue weighted by Gasteiger charge is 2.55. The van der Waals surface area contributed by atoms with Crippen LogP contribution < -0.4 is 15.5 Å². The van der Waals surface area contributed by atoms with Gasteiger partial charge in [-0.1, -0.05) is 50.8 Å². The summed E-state index contributed by atoms with van der Waals surface area (Å²) >= 11 is 0. The van der Waals surface area contributed by atoms with Crippen molar-refractivity contribution in [3.8, 4) is 5.75 Å². The number of halogens is 2. The van der Waals surface area contributed by atoms with E-state index >= 15 is 0 Å². The standard InChI is InChI=1S/C34H42F2N4O8/c1-20(2)9-7-5-6-8-14-46-33(44)47-30-28-32(43)39-19-26(34(13-12-21(39)3)16-27(45-4)38-48-34)40(28)18-24(29(30)41)31(42)37-17-22-10-11-23(35)15-25(22)36/h10-11,15,18,20-21,26H,5-9,12-14,16-17,19H2,1-4H3,(H,37,42)/t21-,26+,34-/m0/s1. The van der Waals surface area contributed by atoms with Crippen molar-refractivity contribution in [2.75, 3.05) is 20.3 Å². The van der Waals surface area contributed by atoms with E-state index in [9.17, 15) is 28.0 Å². The van der Waals surface area contributed by atoms with E-state index in [1.54, 1.807) is 4.90 Å².